The molecule has 1 heterocycles. The monoisotopic (exact) mass is 351 g/mol. The zero-order chi connectivity index (χ0) is 18.2. The van der Waals surface area contributed by atoms with Gasteiger partial charge in [0.2, 0.25) is 5.91 Å². The largest absolute Gasteiger partial charge is 0.326 e. The lowest BCUT2D eigenvalue weighted by Gasteiger charge is -2.34. The van der Waals surface area contributed by atoms with E-state index in [0.29, 0.717) is 6.42 Å². The van der Waals surface area contributed by atoms with E-state index in [1.54, 1.807) is 0 Å². The molecule has 0 bridgehead atoms. The Kier molecular flexibility index (Phi) is 6.81. The second-order valence-electron chi connectivity index (χ2n) is 6.95. The van der Waals surface area contributed by atoms with Gasteiger partial charge in [0.05, 0.1) is 0 Å². The maximum absolute atomic E-state index is 12.2. The Bertz CT molecular complexity index is 676. The molecule has 138 valence electrons. The zero-order valence-electron chi connectivity index (χ0n) is 15.7. The van der Waals surface area contributed by atoms with Gasteiger partial charge in [0.25, 0.3) is 0 Å². The predicted octanol–water partition coefficient (Wildman–Crippen LogP) is 3.40. The third-order valence-electron chi connectivity index (χ3n) is 5.01. The van der Waals surface area contributed by atoms with Crippen molar-refractivity contribution in [2.75, 3.05) is 38.0 Å². The van der Waals surface area contributed by atoms with Gasteiger partial charge in [-0.25, -0.2) is 0 Å². The molecule has 4 heteroatoms. The molecular formula is C22H29N3O. The fourth-order valence-electron chi connectivity index (χ4n) is 3.32. The van der Waals surface area contributed by atoms with Gasteiger partial charge >= 0.3 is 0 Å². The number of hydrogen-bond donors (Lipinski definition) is 1. The summed E-state index contributed by atoms with van der Waals surface area (Å²) in [5, 5.41) is 3.00. The minimum absolute atomic E-state index is 0.0981. The van der Waals surface area contributed by atoms with Gasteiger partial charge in [0.15, 0.2) is 0 Å². The van der Waals surface area contributed by atoms with Gasteiger partial charge in [-0.15, -0.1) is 0 Å². The molecule has 3 rings (SSSR count). The third kappa shape index (κ3) is 5.68. The van der Waals surface area contributed by atoms with Crippen molar-refractivity contribution in [1.82, 2.24) is 9.80 Å². The van der Waals surface area contributed by atoms with E-state index >= 15 is 0 Å². The highest BCUT2D eigenvalue weighted by atomic mass is 16.1. The number of carbonyl (C=O) groups excluding carboxylic acids is 1. The van der Waals surface area contributed by atoms with Crippen molar-refractivity contribution in [1.29, 1.82) is 0 Å². The molecule has 0 aliphatic carbocycles. The number of benzene rings is 2. The maximum Gasteiger partial charge on any atom is 0.225 e. The van der Waals surface area contributed by atoms with Crippen molar-refractivity contribution in [3.05, 3.63) is 65.7 Å². The first-order chi connectivity index (χ1) is 12.7. The predicted molar refractivity (Wildman–Crippen MR) is 107 cm³/mol. The van der Waals surface area contributed by atoms with Crippen LogP contribution in [0.15, 0.2) is 54.6 Å². The lowest BCUT2D eigenvalue weighted by Crippen LogP contribution is -2.46. The Morgan fingerprint density at radius 3 is 2.19 bits per heavy atom. The van der Waals surface area contributed by atoms with Crippen LogP contribution in [0, 0.1) is 0 Å². The molecule has 1 aliphatic rings. The Balaban J connectivity index is 1.35. The van der Waals surface area contributed by atoms with Crippen LogP contribution in [-0.4, -0.2) is 48.4 Å². The van der Waals surface area contributed by atoms with E-state index in [2.05, 4.69) is 64.5 Å². The summed E-state index contributed by atoms with van der Waals surface area (Å²) < 4.78 is 0. The number of carbonyl (C=O) groups is 1. The van der Waals surface area contributed by atoms with E-state index < -0.39 is 0 Å². The van der Waals surface area contributed by atoms with E-state index in [9.17, 15) is 4.79 Å². The summed E-state index contributed by atoms with van der Waals surface area (Å²) in [5.74, 6) is 0.0981. The molecular weight excluding hydrogens is 322 g/mol. The van der Waals surface area contributed by atoms with E-state index in [1.165, 1.54) is 11.1 Å². The second kappa shape index (κ2) is 9.51. The van der Waals surface area contributed by atoms with Crippen LogP contribution in [0.5, 0.6) is 0 Å². The summed E-state index contributed by atoms with van der Waals surface area (Å²) in [5.41, 5.74) is 3.55. The normalized spacial score (nSPS) is 15.7. The van der Waals surface area contributed by atoms with E-state index in [0.717, 1.165) is 51.4 Å². The molecule has 1 N–H and O–H groups in total. The summed E-state index contributed by atoms with van der Waals surface area (Å²) in [6.07, 6.45) is 1.57. The van der Waals surface area contributed by atoms with Crippen LogP contribution in [-0.2, 0) is 17.8 Å². The van der Waals surface area contributed by atoms with Crippen molar-refractivity contribution in [3.63, 3.8) is 0 Å². The topological polar surface area (TPSA) is 35.6 Å². The number of piperazine rings is 1. The van der Waals surface area contributed by atoms with Gasteiger partial charge in [-0.05, 0) is 29.7 Å². The molecule has 0 spiro atoms. The molecule has 2 aromatic rings. The van der Waals surface area contributed by atoms with Crippen LogP contribution in [0.25, 0.3) is 0 Å². The Labute approximate surface area is 156 Å². The minimum atomic E-state index is 0.0981. The number of aryl methyl sites for hydroxylation is 1. The molecule has 0 aromatic heterocycles. The zero-order valence-corrected chi connectivity index (χ0v) is 15.7. The van der Waals surface area contributed by atoms with Crippen molar-refractivity contribution >= 4 is 11.6 Å². The van der Waals surface area contributed by atoms with Crippen molar-refractivity contribution in [2.24, 2.45) is 0 Å². The second-order valence-corrected chi connectivity index (χ2v) is 6.95. The number of hydrogen-bond acceptors (Lipinski definition) is 3. The standard InChI is InChI=1S/C22H29N3O/c1-2-19-8-10-21(11-9-19)23-22(26)12-13-24-14-16-25(17-15-24)18-20-6-4-3-5-7-20/h3-11H,2,12-18H2,1H3,(H,23,26). The number of amides is 1. The average Bonchev–Trinajstić information content (AvgIpc) is 2.69. The van der Waals surface area contributed by atoms with Crippen LogP contribution in [0.2, 0.25) is 0 Å². The molecule has 1 aliphatic heterocycles. The number of anilines is 1. The first-order valence-corrected chi connectivity index (χ1v) is 9.60. The van der Waals surface area contributed by atoms with Crippen molar-refractivity contribution in [2.45, 2.75) is 26.3 Å². The van der Waals surface area contributed by atoms with Crippen LogP contribution in [0.3, 0.4) is 0 Å². The maximum atomic E-state index is 12.2. The average molecular weight is 351 g/mol. The minimum Gasteiger partial charge on any atom is -0.326 e. The van der Waals surface area contributed by atoms with Gasteiger partial charge in [-0.3, -0.25) is 9.69 Å². The van der Waals surface area contributed by atoms with Crippen molar-refractivity contribution in [3.8, 4) is 0 Å². The molecule has 4 nitrogen and oxygen atoms in total. The quantitative estimate of drug-likeness (QED) is 0.830. The summed E-state index contributed by atoms with van der Waals surface area (Å²) >= 11 is 0. The van der Waals surface area contributed by atoms with Gasteiger partial charge in [-0.1, -0.05) is 49.4 Å². The van der Waals surface area contributed by atoms with Gasteiger partial charge in [0.1, 0.15) is 0 Å². The Morgan fingerprint density at radius 1 is 0.885 bits per heavy atom. The highest BCUT2D eigenvalue weighted by Gasteiger charge is 2.17. The van der Waals surface area contributed by atoms with Crippen LogP contribution in [0.4, 0.5) is 5.69 Å². The molecule has 0 unspecified atom stereocenters. The first-order valence-electron chi connectivity index (χ1n) is 9.60. The Morgan fingerprint density at radius 2 is 1.54 bits per heavy atom. The van der Waals surface area contributed by atoms with Crippen LogP contribution >= 0.6 is 0 Å². The highest BCUT2D eigenvalue weighted by molar-refractivity contribution is 5.90. The van der Waals surface area contributed by atoms with Gasteiger partial charge in [0, 0.05) is 51.4 Å². The Hall–Kier alpha value is -2.17. The van der Waals surface area contributed by atoms with Crippen molar-refractivity contribution < 1.29 is 4.79 Å². The fraction of sp³-hybridized carbons (Fsp3) is 0.409. The summed E-state index contributed by atoms with van der Waals surface area (Å²) in [6, 6.07) is 18.7. The van der Waals surface area contributed by atoms with Crippen LogP contribution in [0.1, 0.15) is 24.5 Å². The molecule has 0 atom stereocenters. The molecule has 1 fully saturated rings. The summed E-state index contributed by atoms with van der Waals surface area (Å²) in [6.45, 7) is 8.18. The van der Waals surface area contributed by atoms with Crippen LogP contribution < -0.4 is 5.32 Å². The van der Waals surface area contributed by atoms with E-state index in [-0.39, 0.29) is 5.91 Å². The number of rotatable bonds is 7. The van der Waals surface area contributed by atoms with E-state index in [4.69, 9.17) is 0 Å². The molecule has 2 aromatic carbocycles. The molecule has 1 amide bonds. The first kappa shape index (κ1) is 18.6. The third-order valence-corrected chi connectivity index (χ3v) is 5.01. The van der Waals surface area contributed by atoms with E-state index in [1.807, 2.05) is 12.1 Å². The van der Waals surface area contributed by atoms with Gasteiger partial charge in [-0.2, -0.15) is 0 Å². The number of nitrogens with zero attached hydrogens (tertiary/aromatic N) is 2. The summed E-state index contributed by atoms with van der Waals surface area (Å²) in [7, 11) is 0. The SMILES string of the molecule is CCc1ccc(NC(=O)CCN2CCN(Cc3ccccc3)CC2)cc1. The lowest BCUT2D eigenvalue weighted by molar-refractivity contribution is -0.116. The molecule has 26 heavy (non-hydrogen) atoms. The number of nitrogens with one attached hydrogen (secondary N) is 1. The fourth-order valence-corrected chi connectivity index (χ4v) is 3.32. The highest BCUT2D eigenvalue weighted by Crippen LogP contribution is 2.11. The molecule has 1 saturated heterocycles. The summed E-state index contributed by atoms with van der Waals surface area (Å²) in [4.78, 5) is 17.0. The van der Waals surface area contributed by atoms with Gasteiger partial charge < -0.3 is 10.2 Å². The molecule has 0 saturated carbocycles. The smallest absolute Gasteiger partial charge is 0.225 e. The molecule has 0 radical (unpaired) electrons. The lowest BCUT2D eigenvalue weighted by atomic mass is 10.1.